The molecule has 1 heterocycles. The van der Waals surface area contributed by atoms with Crippen LogP contribution in [-0.4, -0.2) is 27.8 Å². The Morgan fingerprint density at radius 1 is 1.06 bits per heavy atom. The highest BCUT2D eigenvalue weighted by Gasteiger charge is 2.20. The molecule has 0 bridgehead atoms. The van der Waals surface area contributed by atoms with Gasteiger partial charge < -0.3 is 10.1 Å². The second kappa shape index (κ2) is 8.91. The van der Waals surface area contributed by atoms with Crippen LogP contribution < -0.4 is 10.1 Å². The smallest absolute Gasteiger partial charge is 0.295 e. The summed E-state index contributed by atoms with van der Waals surface area (Å²) in [6.07, 6.45) is 0. The summed E-state index contributed by atoms with van der Waals surface area (Å²) in [6, 6.07) is 20.2. The number of hydrogen-bond acceptors (Lipinski definition) is 4. The zero-order chi connectivity index (χ0) is 22.0. The molecule has 0 saturated carbocycles. The zero-order valence-electron chi connectivity index (χ0n) is 16.8. The Hall–Kier alpha value is -3.16. The van der Waals surface area contributed by atoms with Crippen molar-refractivity contribution in [3.8, 4) is 22.8 Å². The van der Waals surface area contributed by atoms with Crippen LogP contribution in [0.15, 0.2) is 71.2 Å². The van der Waals surface area contributed by atoms with Gasteiger partial charge in [0.15, 0.2) is 5.82 Å². The standard InChI is InChI=1S/C23H18BrClN4O2/c1-14-3-8-17(25)13-20(14)29-22(15-4-6-16(24)7-5-15)27-21(28-29)23(30)26-18-9-11-19(31-2)12-10-18/h3-13H,1-2H3,(H,26,30). The van der Waals surface area contributed by atoms with Gasteiger partial charge in [0, 0.05) is 20.7 Å². The number of nitrogens with one attached hydrogen (secondary N) is 1. The first-order valence-electron chi connectivity index (χ1n) is 9.39. The summed E-state index contributed by atoms with van der Waals surface area (Å²) in [5.41, 5.74) is 3.14. The highest BCUT2D eigenvalue weighted by molar-refractivity contribution is 9.10. The minimum Gasteiger partial charge on any atom is -0.497 e. The normalized spacial score (nSPS) is 10.7. The average molecular weight is 498 g/mol. The molecule has 31 heavy (non-hydrogen) atoms. The van der Waals surface area contributed by atoms with E-state index in [0.29, 0.717) is 22.3 Å². The van der Waals surface area contributed by atoms with Gasteiger partial charge in [0.1, 0.15) is 5.75 Å². The number of ether oxygens (including phenoxy) is 1. The van der Waals surface area contributed by atoms with Gasteiger partial charge in [-0.2, -0.15) is 0 Å². The number of halogens is 2. The monoisotopic (exact) mass is 496 g/mol. The SMILES string of the molecule is COc1ccc(NC(=O)c2nc(-c3ccc(Br)cc3)n(-c3cc(Cl)ccc3C)n2)cc1. The Bertz CT molecular complexity index is 1240. The highest BCUT2D eigenvalue weighted by atomic mass is 79.9. The molecular weight excluding hydrogens is 480 g/mol. The van der Waals surface area contributed by atoms with E-state index in [1.54, 1.807) is 42.1 Å². The molecule has 8 heteroatoms. The zero-order valence-corrected chi connectivity index (χ0v) is 19.1. The topological polar surface area (TPSA) is 69.0 Å². The molecule has 1 aromatic heterocycles. The van der Waals surface area contributed by atoms with Crippen LogP contribution in [0.4, 0.5) is 5.69 Å². The Morgan fingerprint density at radius 2 is 1.77 bits per heavy atom. The van der Waals surface area contributed by atoms with Crippen LogP contribution in [0.25, 0.3) is 17.1 Å². The van der Waals surface area contributed by atoms with Gasteiger partial charge in [-0.3, -0.25) is 4.79 Å². The van der Waals surface area contributed by atoms with Crippen LogP contribution >= 0.6 is 27.5 Å². The number of carbonyl (C=O) groups is 1. The quantitative estimate of drug-likeness (QED) is 0.372. The maximum Gasteiger partial charge on any atom is 0.295 e. The highest BCUT2D eigenvalue weighted by Crippen LogP contribution is 2.27. The molecule has 0 atom stereocenters. The molecule has 0 aliphatic heterocycles. The molecule has 0 aliphatic rings. The molecular formula is C23H18BrClN4O2. The molecule has 3 aromatic carbocycles. The van der Waals surface area contributed by atoms with E-state index in [1.165, 1.54) is 0 Å². The van der Waals surface area contributed by atoms with Crippen molar-refractivity contribution >= 4 is 39.1 Å². The number of hydrogen-bond donors (Lipinski definition) is 1. The van der Waals surface area contributed by atoms with E-state index in [2.05, 4.69) is 31.3 Å². The number of carbonyl (C=O) groups excluding carboxylic acids is 1. The van der Waals surface area contributed by atoms with Gasteiger partial charge in [0.2, 0.25) is 5.82 Å². The molecule has 0 spiro atoms. The van der Waals surface area contributed by atoms with Crippen molar-refractivity contribution in [2.24, 2.45) is 0 Å². The Labute approximate surface area is 193 Å². The molecule has 0 unspecified atom stereocenters. The lowest BCUT2D eigenvalue weighted by Crippen LogP contribution is -2.14. The van der Waals surface area contributed by atoms with E-state index in [4.69, 9.17) is 16.3 Å². The van der Waals surface area contributed by atoms with Crippen molar-refractivity contribution in [3.05, 3.63) is 87.6 Å². The Morgan fingerprint density at radius 3 is 2.45 bits per heavy atom. The predicted octanol–water partition coefficient (Wildman–Crippen LogP) is 5.92. The van der Waals surface area contributed by atoms with E-state index in [0.717, 1.165) is 21.3 Å². The van der Waals surface area contributed by atoms with Gasteiger partial charge in [0.05, 0.1) is 12.8 Å². The summed E-state index contributed by atoms with van der Waals surface area (Å²) in [7, 11) is 1.59. The van der Waals surface area contributed by atoms with Crippen LogP contribution in [0.3, 0.4) is 0 Å². The van der Waals surface area contributed by atoms with Crippen LogP contribution in [0.2, 0.25) is 5.02 Å². The molecule has 0 fully saturated rings. The fraction of sp³-hybridized carbons (Fsp3) is 0.0870. The van der Waals surface area contributed by atoms with Crippen LogP contribution in [0.5, 0.6) is 5.75 Å². The summed E-state index contributed by atoms with van der Waals surface area (Å²) in [5.74, 6) is 0.877. The van der Waals surface area contributed by atoms with Crippen LogP contribution in [0, 0.1) is 6.92 Å². The molecule has 1 N–H and O–H groups in total. The summed E-state index contributed by atoms with van der Waals surface area (Å²) in [4.78, 5) is 17.4. The molecule has 156 valence electrons. The predicted molar refractivity (Wildman–Crippen MR) is 125 cm³/mol. The van der Waals surface area contributed by atoms with E-state index in [9.17, 15) is 4.79 Å². The van der Waals surface area contributed by atoms with E-state index in [-0.39, 0.29) is 5.82 Å². The molecule has 0 radical (unpaired) electrons. The first-order chi connectivity index (χ1) is 14.9. The third-order valence-corrected chi connectivity index (χ3v) is 5.42. The first-order valence-corrected chi connectivity index (χ1v) is 10.6. The van der Waals surface area contributed by atoms with Gasteiger partial charge in [-0.05, 0) is 61.0 Å². The summed E-state index contributed by atoms with van der Waals surface area (Å²) >= 11 is 9.67. The average Bonchev–Trinajstić information content (AvgIpc) is 3.22. The van der Waals surface area contributed by atoms with Gasteiger partial charge in [-0.25, -0.2) is 9.67 Å². The van der Waals surface area contributed by atoms with Crippen LogP contribution in [0.1, 0.15) is 16.2 Å². The molecule has 4 rings (SSSR count). The number of nitrogens with zero attached hydrogens (tertiary/aromatic N) is 3. The van der Waals surface area contributed by atoms with Gasteiger partial charge in [0.25, 0.3) is 5.91 Å². The van der Waals surface area contributed by atoms with E-state index < -0.39 is 5.91 Å². The lowest BCUT2D eigenvalue weighted by atomic mass is 10.2. The number of amides is 1. The number of aryl methyl sites for hydroxylation is 1. The van der Waals surface area contributed by atoms with Crippen molar-refractivity contribution < 1.29 is 9.53 Å². The molecule has 6 nitrogen and oxygen atoms in total. The van der Waals surface area contributed by atoms with Gasteiger partial charge in [-0.1, -0.05) is 45.7 Å². The molecule has 4 aromatic rings. The fourth-order valence-corrected chi connectivity index (χ4v) is 3.46. The van der Waals surface area contributed by atoms with Crippen LogP contribution in [-0.2, 0) is 0 Å². The Kier molecular flexibility index (Phi) is 6.06. The number of aromatic nitrogens is 3. The maximum atomic E-state index is 12.9. The third kappa shape index (κ3) is 4.62. The fourth-order valence-electron chi connectivity index (χ4n) is 3.03. The second-order valence-electron chi connectivity index (χ2n) is 6.79. The maximum absolute atomic E-state index is 12.9. The lowest BCUT2D eigenvalue weighted by Gasteiger charge is -2.09. The first kappa shape index (κ1) is 21.1. The van der Waals surface area contributed by atoms with Crippen molar-refractivity contribution in [3.63, 3.8) is 0 Å². The molecule has 1 amide bonds. The van der Waals surface area contributed by atoms with Crippen molar-refractivity contribution in [1.82, 2.24) is 14.8 Å². The number of benzene rings is 3. The van der Waals surface area contributed by atoms with Gasteiger partial charge >= 0.3 is 0 Å². The van der Waals surface area contributed by atoms with Gasteiger partial charge in [-0.15, -0.1) is 5.10 Å². The molecule has 0 saturated heterocycles. The summed E-state index contributed by atoms with van der Waals surface area (Å²) < 4.78 is 7.74. The molecule has 0 aliphatic carbocycles. The largest absolute Gasteiger partial charge is 0.497 e. The van der Waals surface area contributed by atoms with Crippen molar-refractivity contribution in [2.45, 2.75) is 6.92 Å². The van der Waals surface area contributed by atoms with E-state index in [1.807, 2.05) is 43.3 Å². The van der Waals surface area contributed by atoms with Crippen molar-refractivity contribution in [1.29, 1.82) is 0 Å². The minimum atomic E-state index is -0.415. The second-order valence-corrected chi connectivity index (χ2v) is 8.14. The lowest BCUT2D eigenvalue weighted by molar-refractivity contribution is 0.101. The summed E-state index contributed by atoms with van der Waals surface area (Å²) in [6.45, 7) is 1.95. The van der Waals surface area contributed by atoms with Crippen molar-refractivity contribution in [2.75, 3.05) is 12.4 Å². The number of rotatable bonds is 5. The third-order valence-electron chi connectivity index (χ3n) is 4.66. The summed E-state index contributed by atoms with van der Waals surface area (Å²) in [5, 5.41) is 7.90. The Balaban J connectivity index is 1.76. The number of methoxy groups -OCH3 is 1. The number of anilines is 1. The minimum absolute atomic E-state index is 0.0492. The van der Waals surface area contributed by atoms with E-state index >= 15 is 0 Å².